The second-order valence-electron chi connectivity index (χ2n) is 8.58. The zero-order valence-electron chi connectivity index (χ0n) is 18.4. The molecule has 7 heteroatoms. The molecule has 1 saturated heterocycles. The zero-order valence-corrected chi connectivity index (χ0v) is 18.4. The number of nitrogens with zero attached hydrogens (tertiary/aromatic N) is 4. The maximum atomic E-state index is 12.3. The maximum absolute atomic E-state index is 12.3. The molecule has 0 aliphatic carbocycles. The normalized spacial score (nSPS) is 22.2. The zero-order chi connectivity index (χ0) is 21.3. The minimum absolute atomic E-state index is 0.0126. The van der Waals surface area contributed by atoms with E-state index < -0.39 is 0 Å². The first-order chi connectivity index (χ1) is 14.4. The molecule has 1 amide bonds. The van der Waals surface area contributed by atoms with Crippen molar-refractivity contribution in [2.75, 3.05) is 26.7 Å². The highest BCUT2D eigenvalue weighted by molar-refractivity contribution is 5.73. The fourth-order valence-electron chi connectivity index (χ4n) is 4.68. The Hall–Kier alpha value is -2.54. The van der Waals surface area contributed by atoms with Crippen LogP contribution in [0.15, 0.2) is 24.4 Å². The van der Waals surface area contributed by atoms with E-state index in [1.165, 1.54) is 5.56 Å². The van der Waals surface area contributed by atoms with E-state index in [9.17, 15) is 4.79 Å². The number of rotatable bonds is 4. The van der Waals surface area contributed by atoms with Gasteiger partial charge in [0.25, 0.3) is 0 Å². The number of carbonyl (C=O) groups excluding carboxylic acids is 1. The summed E-state index contributed by atoms with van der Waals surface area (Å²) in [4.78, 5) is 16.7. The third-order valence-corrected chi connectivity index (χ3v) is 6.33. The smallest absolute Gasteiger partial charge is 0.219 e. The van der Waals surface area contributed by atoms with Crippen LogP contribution in [0.2, 0.25) is 0 Å². The number of likely N-dealkylation sites (tertiary alicyclic amines) is 1. The van der Waals surface area contributed by atoms with Crippen molar-refractivity contribution in [3.05, 3.63) is 41.2 Å². The first-order valence-electron chi connectivity index (χ1n) is 10.7. The topological polar surface area (TPSA) is 59.8 Å². The van der Waals surface area contributed by atoms with Crippen molar-refractivity contribution < 1.29 is 14.3 Å². The van der Waals surface area contributed by atoms with Crippen molar-refractivity contribution in [1.82, 2.24) is 19.6 Å². The standard InChI is InChI=1S/C23H32N4O3/c1-16-20(11-25(3)24-16)13-26-9-5-6-18(12-26)23-15-27(17(2)28)14-19-10-21(29-4)7-8-22(19)30-23/h7-8,10-11,18,23H,5-6,9,12-15H2,1-4H3/t18-,23+/m1/s1. The summed E-state index contributed by atoms with van der Waals surface area (Å²) in [5.41, 5.74) is 3.38. The van der Waals surface area contributed by atoms with Crippen molar-refractivity contribution in [3.8, 4) is 11.5 Å². The number of ether oxygens (including phenoxy) is 2. The lowest BCUT2D eigenvalue weighted by molar-refractivity contribution is -0.130. The van der Waals surface area contributed by atoms with E-state index in [-0.39, 0.29) is 12.0 Å². The molecule has 2 atom stereocenters. The predicted octanol–water partition coefficient (Wildman–Crippen LogP) is 2.76. The number of aromatic nitrogens is 2. The van der Waals surface area contributed by atoms with Gasteiger partial charge in [-0.1, -0.05) is 0 Å². The molecule has 0 spiro atoms. The molecule has 0 N–H and O–H groups in total. The fraction of sp³-hybridized carbons (Fsp3) is 0.565. The number of hydrogen-bond donors (Lipinski definition) is 0. The van der Waals surface area contributed by atoms with E-state index >= 15 is 0 Å². The first-order valence-corrected chi connectivity index (χ1v) is 10.7. The number of methoxy groups -OCH3 is 1. The molecule has 0 saturated carbocycles. The van der Waals surface area contributed by atoms with Gasteiger partial charge in [0.1, 0.15) is 17.6 Å². The van der Waals surface area contributed by atoms with Crippen LogP contribution in [0.25, 0.3) is 0 Å². The van der Waals surface area contributed by atoms with E-state index in [1.807, 2.05) is 34.8 Å². The van der Waals surface area contributed by atoms with Gasteiger partial charge in [-0.2, -0.15) is 5.10 Å². The Labute approximate surface area is 178 Å². The number of hydrogen-bond acceptors (Lipinski definition) is 5. The summed E-state index contributed by atoms with van der Waals surface area (Å²) in [7, 11) is 3.63. The Kier molecular flexibility index (Phi) is 5.99. The van der Waals surface area contributed by atoms with Gasteiger partial charge >= 0.3 is 0 Å². The van der Waals surface area contributed by atoms with E-state index in [2.05, 4.69) is 23.1 Å². The molecule has 1 aromatic heterocycles. The van der Waals surface area contributed by atoms with Gasteiger partial charge in [-0.15, -0.1) is 0 Å². The average Bonchev–Trinajstić information content (AvgIpc) is 2.93. The molecule has 2 aliphatic heterocycles. The van der Waals surface area contributed by atoms with Gasteiger partial charge in [0.2, 0.25) is 5.91 Å². The molecule has 1 aromatic carbocycles. The number of piperidine rings is 1. The lowest BCUT2D eigenvalue weighted by Crippen LogP contribution is -2.46. The summed E-state index contributed by atoms with van der Waals surface area (Å²) in [5, 5.41) is 4.48. The second kappa shape index (κ2) is 8.68. The van der Waals surface area contributed by atoms with Gasteiger partial charge in [0.15, 0.2) is 0 Å². The van der Waals surface area contributed by atoms with E-state index in [4.69, 9.17) is 9.47 Å². The lowest BCUT2D eigenvalue weighted by Gasteiger charge is -2.37. The number of benzene rings is 1. The van der Waals surface area contributed by atoms with Crippen LogP contribution in [0.1, 0.15) is 36.6 Å². The molecule has 0 unspecified atom stereocenters. The van der Waals surface area contributed by atoms with Gasteiger partial charge in [0.05, 0.1) is 19.3 Å². The molecular weight excluding hydrogens is 380 g/mol. The molecule has 0 bridgehead atoms. The summed E-state index contributed by atoms with van der Waals surface area (Å²) in [6.07, 6.45) is 4.35. The van der Waals surface area contributed by atoms with Gasteiger partial charge in [-0.25, -0.2) is 0 Å². The number of amides is 1. The third kappa shape index (κ3) is 4.46. The number of aryl methyl sites for hydroxylation is 2. The van der Waals surface area contributed by atoms with Crippen LogP contribution >= 0.6 is 0 Å². The molecule has 4 rings (SSSR count). The predicted molar refractivity (Wildman–Crippen MR) is 114 cm³/mol. The minimum atomic E-state index is -0.0126. The molecule has 7 nitrogen and oxygen atoms in total. The second-order valence-corrected chi connectivity index (χ2v) is 8.58. The number of carbonyl (C=O) groups is 1. The molecule has 0 radical (unpaired) electrons. The van der Waals surface area contributed by atoms with Crippen LogP contribution in [-0.2, 0) is 24.9 Å². The number of fused-ring (bicyclic) bond motifs is 1. The summed E-state index contributed by atoms with van der Waals surface area (Å²) >= 11 is 0. The highest BCUT2D eigenvalue weighted by Crippen LogP contribution is 2.33. The minimum Gasteiger partial charge on any atom is -0.497 e. The molecule has 30 heavy (non-hydrogen) atoms. The quantitative estimate of drug-likeness (QED) is 0.773. The van der Waals surface area contributed by atoms with Crippen LogP contribution in [0.3, 0.4) is 0 Å². The van der Waals surface area contributed by atoms with Crippen molar-refractivity contribution in [1.29, 1.82) is 0 Å². The SMILES string of the molecule is COc1ccc2c(c1)CN(C(C)=O)C[C@@H]([C@@H]1CCCN(Cc3cn(C)nc3C)C1)O2. The highest BCUT2D eigenvalue weighted by Gasteiger charge is 2.33. The van der Waals surface area contributed by atoms with Crippen LogP contribution in [0.5, 0.6) is 11.5 Å². The Morgan fingerprint density at radius 1 is 1.33 bits per heavy atom. The summed E-state index contributed by atoms with van der Waals surface area (Å²) in [6, 6.07) is 5.88. The highest BCUT2D eigenvalue weighted by atomic mass is 16.5. The summed E-state index contributed by atoms with van der Waals surface area (Å²) < 4.78 is 13.8. The molecule has 3 heterocycles. The van der Waals surface area contributed by atoms with Crippen LogP contribution in [0.4, 0.5) is 0 Å². The molecule has 2 aliphatic rings. The van der Waals surface area contributed by atoms with Crippen LogP contribution in [0, 0.1) is 12.8 Å². The van der Waals surface area contributed by atoms with E-state index in [0.717, 1.165) is 55.2 Å². The van der Waals surface area contributed by atoms with E-state index in [1.54, 1.807) is 14.0 Å². The third-order valence-electron chi connectivity index (χ3n) is 6.33. The Morgan fingerprint density at radius 3 is 2.87 bits per heavy atom. The molecule has 162 valence electrons. The Balaban J connectivity index is 1.52. The maximum Gasteiger partial charge on any atom is 0.219 e. The van der Waals surface area contributed by atoms with Crippen molar-refractivity contribution in [2.24, 2.45) is 13.0 Å². The van der Waals surface area contributed by atoms with Crippen molar-refractivity contribution in [2.45, 2.75) is 45.9 Å². The van der Waals surface area contributed by atoms with Crippen molar-refractivity contribution >= 4 is 5.91 Å². The first kappa shape index (κ1) is 20.7. The Bertz CT molecular complexity index is 910. The lowest BCUT2D eigenvalue weighted by atomic mass is 9.91. The summed E-state index contributed by atoms with van der Waals surface area (Å²) in [5.74, 6) is 2.11. The van der Waals surface area contributed by atoms with Crippen LogP contribution in [-0.4, -0.2) is 58.3 Å². The Morgan fingerprint density at radius 2 is 2.17 bits per heavy atom. The monoisotopic (exact) mass is 412 g/mol. The summed E-state index contributed by atoms with van der Waals surface area (Å²) in [6.45, 7) is 7.85. The van der Waals surface area contributed by atoms with Gasteiger partial charge < -0.3 is 14.4 Å². The van der Waals surface area contributed by atoms with Gasteiger partial charge in [0, 0.05) is 56.8 Å². The van der Waals surface area contributed by atoms with Crippen LogP contribution < -0.4 is 9.47 Å². The van der Waals surface area contributed by atoms with E-state index in [0.29, 0.717) is 19.0 Å². The van der Waals surface area contributed by atoms with Gasteiger partial charge in [-0.3, -0.25) is 14.4 Å². The molecule has 2 aromatic rings. The van der Waals surface area contributed by atoms with Gasteiger partial charge in [-0.05, 0) is 44.5 Å². The molecule has 1 fully saturated rings. The largest absolute Gasteiger partial charge is 0.497 e. The molecular formula is C23H32N4O3. The van der Waals surface area contributed by atoms with Crippen molar-refractivity contribution in [3.63, 3.8) is 0 Å². The average molecular weight is 413 g/mol. The fourth-order valence-corrected chi connectivity index (χ4v) is 4.68.